The lowest BCUT2D eigenvalue weighted by atomic mass is 9.95. The number of nitrogens with zero attached hydrogens (tertiary/aromatic N) is 1. The van der Waals surface area contributed by atoms with Crippen LogP contribution in [0.15, 0.2) is 53.0 Å². The van der Waals surface area contributed by atoms with Crippen molar-refractivity contribution in [1.29, 1.82) is 0 Å². The summed E-state index contributed by atoms with van der Waals surface area (Å²) in [6, 6.07) is 14.2. The van der Waals surface area contributed by atoms with Gasteiger partial charge in [-0.15, -0.1) is 0 Å². The van der Waals surface area contributed by atoms with Gasteiger partial charge in [0.2, 0.25) is 5.91 Å². The SMILES string of the molecule is CC(C(=O)NC1CCCCC1)N(Cc1ccccc1Cl)C(=O)COc1ccc(Br)cc1. The largest absolute Gasteiger partial charge is 0.484 e. The lowest BCUT2D eigenvalue weighted by molar-refractivity contribution is -0.142. The highest BCUT2D eigenvalue weighted by Gasteiger charge is 2.28. The molecule has 5 nitrogen and oxygen atoms in total. The van der Waals surface area contributed by atoms with Crippen LogP contribution in [0.2, 0.25) is 5.02 Å². The van der Waals surface area contributed by atoms with Crippen molar-refractivity contribution in [1.82, 2.24) is 10.2 Å². The monoisotopic (exact) mass is 506 g/mol. The molecule has 0 saturated heterocycles. The van der Waals surface area contributed by atoms with E-state index >= 15 is 0 Å². The van der Waals surface area contributed by atoms with Crippen LogP contribution in [0.4, 0.5) is 0 Å². The average molecular weight is 508 g/mol. The van der Waals surface area contributed by atoms with Crippen molar-refractivity contribution in [3.8, 4) is 5.75 Å². The third kappa shape index (κ3) is 6.97. The van der Waals surface area contributed by atoms with Crippen LogP contribution < -0.4 is 10.1 Å². The topological polar surface area (TPSA) is 58.6 Å². The molecule has 3 rings (SSSR count). The Kier molecular flexibility index (Phi) is 8.79. The third-order valence-corrected chi connectivity index (χ3v) is 6.49. The zero-order valence-corrected chi connectivity index (χ0v) is 20.0. The summed E-state index contributed by atoms with van der Waals surface area (Å²) in [5, 5.41) is 3.69. The second-order valence-electron chi connectivity index (χ2n) is 7.88. The minimum absolute atomic E-state index is 0.143. The highest BCUT2D eigenvalue weighted by molar-refractivity contribution is 9.10. The van der Waals surface area contributed by atoms with Crippen LogP contribution in [-0.2, 0) is 16.1 Å². The van der Waals surface area contributed by atoms with E-state index in [-0.39, 0.29) is 31.0 Å². The Labute approximate surface area is 197 Å². The number of carbonyl (C=O) groups is 2. The quantitative estimate of drug-likeness (QED) is 0.524. The molecule has 0 radical (unpaired) electrons. The molecule has 0 aromatic heterocycles. The Bertz CT molecular complexity index is 885. The number of rotatable bonds is 8. The maximum Gasteiger partial charge on any atom is 0.261 e. The number of ether oxygens (including phenoxy) is 1. The average Bonchev–Trinajstić information content (AvgIpc) is 2.78. The van der Waals surface area contributed by atoms with E-state index in [0.29, 0.717) is 10.8 Å². The molecule has 1 N–H and O–H groups in total. The van der Waals surface area contributed by atoms with Crippen molar-refractivity contribution in [3.63, 3.8) is 0 Å². The van der Waals surface area contributed by atoms with E-state index in [9.17, 15) is 9.59 Å². The minimum Gasteiger partial charge on any atom is -0.484 e. The van der Waals surface area contributed by atoms with Gasteiger partial charge in [0.05, 0.1) is 0 Å². The molecule has 1 aliphatic carbocycles. The number of halogens is 2. The lowest BCUT2D eigenvalue weighted by Crippen LogP contribution is -2.51. The van der Waals surface area contributed by atoms with Crippen molar-refractivity contribution in [2.24, 2.45) is 0 Å². The maximum absolute atomic E-state index is 13.1. The van der Waals surface area contributed by atoms with Gasteiger partial charge in [0.15, 0.2) is 6.61 Å². The number of carbonyl (C=O) groups excluding carboxylic acids is 2. The summed E-state index contributed by atoms with van der Waals surface area (Å²) in [6.07, 6.45) is 5.45. The van der Waals surface area contributed by atoms with Crippen molar-refractivity contribution < 1.29 is 14.3 Å². The predicted octanol–water partition coefficient (Wildman–Crippen LogP) is 5.35. The molecule has 31 heavy (non-hydrogen) atoms. The Morgan fingerprint density at radius 3 is 2.48 bits per heavy atom. The Morgan fingerprint density at radius 2 is 1.81 bits per heavy atom. The van der Waals surface area contributed by atoms with Crippen molar-refractivity contribution in [3.05, 3.63) is 63.6 Å². The van der Waals surface area contributed by atoms with Gasteiger partial charge in [0.1, 0.15) is 11.8 Å². The molecule has 7 heteroatoms. The van der Waals surface area contributed by atoms with E-state index in [1.165, 1.54) is 11.3 Å². The second-order valence-corrected chi connectivity index (χ2v) is 9.20. The molecule has 1 fully saturated rings. The molecule has 166 valence electrons. The van der Waals surface area contributed by atoms with Gasteiger partial charge in [-0.05, 0) is 55.7 Å². The van der Waals surface area contributed by atoms with Gasteiger partial charge in [-0.3, -0.25) is 9.59 Å². The van der Waals surface area contributed by atoms with Crippen molar-refractivity contribution >= 4 is 39.3 Å². The summed E-state index contributed by atoms with van der Waals surface area (Å²) >= 11 is 9.71. The summed E-state index contributed by atoms with van der Waals surface area (Å²) in [5.41, 5.74) is 0.790. The predicted molar refractivity (Wildman–Crippen MR) is 126 cm³/mol. The number of benzene rings is 2. The van der Waals surface area contributed by atoms with E-state index in [2.05, 4.69) is 21.2 Å². The first kappa shape index (κ1) is 23.6. The van der Waals surface area contributed by atoms with Gasteiger partial charge in [-0.1, -0.05) is 65.0 Å². The van der Waals surface area contributed by atoms with Crippen LogP contribution in [-0.4, -0.2) is 35.4 Å². The number of hydrogen-bond donors (Lipinski definition) is 1. The smallest absolute Gasteiger partial charge is 0.261 e. The molecule has 1 saturated carbocycles. The summed E-state index contributed by atoms with van der Waals surface area (Å²) in [5.74, 6) is 0.179. The second kappa shape index (κ2) is 11.5. The standard InChI is InChI=1S/C24H28BrClN2O3/c1-17(24(30)27-20-8-3-2-4-9-20)28(15-18-7-5-6-10-22(18)26)23(29)16-31-21-13-11-19(25)12-14-21/h5-7,10-14,17,20H,2-4,8-9,15-16H2,1H3,(H,27,30). The minimum atomic E-state index is -0.640. The first-order chi connectivity index (χ1) is 14.9. The Balaban J connectivity index is 1.71. The Hall–Kier alpha value is -2.05. The highest BCUT2D eigenvalue weighted by Crippen LogP contribution is 2.21. The van der Waals surface area contributed by atoms with Gasteiger partial charge in [-0.2, -0.15) is 0 Å². The molecule has 1 atom stereocenters. The van der Waals surface area contributed by atoms with E-state index < -0.39 is 6.04 Å². The molecular formula is C24H28BrClN2O3. The molecular weight excluding hydrogens is 480 g/mol. The fraction of sp³-hybridized carbons (Fsp3) is 0.417. The van der Waals surface area contributed by atoms with Crippen LogP contribution in [0, 0.1) is 0 Å². The number of hydrogen-bond acceptors (Lipinski definition) is 3. The first-order valence-corrected chi connectivity index (χ1v) is 11.8. The van der Waals surface area contributed by atoms with E-state index in [4.69, 9.17) is 16.3 Å². The summed E-state index contributed by atoms with van der Waals surface area (Å²) in [7, 11) is 0. The molecule has 1 unspecified atom stereocenters. The summed E-state index contributed by atoms with van der Waals surface area (Å²) < 4.78 is 6.60. The van der Waals surface area contributed by atoms with Gasteiger partial charge in [0.25, 0.3) is 5.91 Å². The van der Waals surface area contributed by atoms with Crippen LogP contribution in [0.1, 0.15) is 44.6 Å². The third-order valence-electron chi connectivity index (χ3n) is 5.59. The zero-order valence-electron chi connectivity index (χ0n) is 17.7. The van der Waals surface area contributed by atoms with Crippen LogP contribution in [0.25, 0.3) is 0 Å². The molecule has 2 aromatic carbocycles. The molecule has 1 aliphatic rings. The summed E-state index contributed by atoms with van der Waals surface area (Å²) in [6.45, 7) is 1.83. The molecule has 2 amide bonds. The number of nitrogens with one attached hydrogen (secondary N) is 1. The van der Waals surface area contributed by atoms with Crippen LogP contribution in [0.3, 0.4) is 0 Å². The molecule has 0 aliphatic heterocycles. The molecule has 0 bridgehead atoms. The normalized spacial score (nSPS) is 15.2. The zero-order chi connectivity index (χ0) is 22.2. The summed E-state index contributed by atoms with van der Waals surface area (Å²) in [4.78, 5) is 27.6. The van der Waals surface area contributed by atoms with Gasteiger partial charge in [-0.25, -0.2) is 0 Å². The highest BCUT2D eigenvalue weighted by atomic mass is 79.9. The van der Waals surface area contributed by atoms with Crippen molar-refractivity contribution in [2.75, 3.05) is 6.61 Å². The fourth-order valence-electron chi connectivity index (χ4n) is 3.72. The molecule has 0 spiro atoms. The maximum atomic E-state index is 13.1. The number of amides is 2. The van der Waals surface area contributed by atoms with Crippen LogP contribution >= 0.6 is 27.5 Å². The Morgan fingerprint density at radius 1 is 1.13 bits per heavy atom. The van der Waals surface area contributed by atoms with Gasteiger partial charge < -0.3 is 15.0 Å². The lowest BCUT2D eigenvalue weighted by Gasteiger charge is -2.31. The van der Waals surface area contributed by atoms with Crippen LogP contribution in [0.5, 0.6) is 5.75 Å². The first-order valence-electron chi connectivity index (χ1n) is 10.7. The fourth-order valence-corrected chi connectivity index (χ4v) is 4.18. The molecule has 0 heterocycles. The van der Waals surface area contributed by atoms with Gasteiger partial charge in [0, 0.05) is 22.1 Å². The van der Waals surface area contributed by atoms with E-state index in [1.807, 2.05) is 30.3 Å². The molecule has 2 aromatic rings. The van der Waals surface area contributed by atoms with E-state index in [1.54, 1.807) is 25.1 Å². The van der Waals surface area contributed by atoms with Gasteiger partial charge >= 0.3 is 0 Å². The van der Waals surface area contributed by atoms with Crippen molar-refractivity contribution in [2.45, 2.75) is 57.7 Å². The van der Waals surface area contributed by atoms with E-state index in [0.717, 1.165) is 35.7 Å².